The summed E-state index contributed by atoms with van der Waals surface area (Å²) in [6.07, 6.45) is -1.84. The highest BCUT2D eigenvalue weighted by Crippen LogP contribution is 2.34. The standard InChI is InChI=1S/C22H21F3N2O2/c1-2-29-21(28)19-11-18(22(23,24)25)10-16-6-8-27(20(16)19)13-14-3-4-15-5-7-26-12-17(15)9-14/h3-4,6,8-11,26H,2,5,7,12-13H2,1H3. The highest BCUT2D eigenvalue weighted by molar-refractivity contribution is 6.03. The number of aromatic nitrogens is 1. The van der Waals surface area contributed by atoms with E-state index in [1.165, 1.54) is 11.1 Å². The van der Waals surface area contributed by atoms with Gasteiger partial charge in [0.1, 0.15) is 0 Å². The van der Waals surface area contributed by atoms with Gasteiger partial charge in [0.15, 0.2) is 0 Å². The van der Waals surface area contributed by atoms with Gasteiger partial charge < -0.3 is 14.6 Å². The Hall–Kier alpha value is -2.80. The van der Waals surface area contributed by atoms with Gasteiger partial charge in [0, 0.05) is 24.7 Å². The molecular formula is C22H21F3N2O2. The van der Waals surface area contributed by atoms with E-state index in [4.69, 9.17) is 4.74 Å². The number of nitrogens with one attached hydrogen (secondary N) is 1. The maximum absolute atomic E-state index is 13.3. The van der Waals surface area contributed by atoms with E-state index in [-0.39, 0.29) is 12.2 Å². The average molecular weight is 402 g/mol. The Morgan fingerprint density at radius 2 is 2.00 bits per heavy atom. The van der Waals surface area contributed by atoms with E-state index in [0.29, 0.717) is 17.4 Å². The van der Waals surface area contributed by atoms with Crippen LogP contribution in [0.4, 0.5) is 13.2 Å². The van der Waals surface area contributed by atoms with Crippen LogP contribution in [0.2, 0.25) is 0 Å². The minimum absolute atomic E-state index is 0.0682. The third kappa shape index (κ3) is 3.87. The summed E-state index contributed by atoms with van der Waals surface area (Å²) in [6, 6.07) is 9.81. The molecule has 0 bridgehead atoms. The third-order valence-corrected chi connectivity index (χ3v) is 5.19. The zero-order valence-electron chi connectivity index (χ0n) is 16.0. The predicted molar refractivity (Wildman–Crippen MR) is 104 cm³/mol. The van der Waals surface area contributed by atoms with E-state index < -0.39 is 17.7 Å². The second-order valence-electron chi connectivity index (χ2n) is 7.15. The Balaban J connectivity index is 1.78. The van der Waals surface area contributed by atoms with Crippen LogP contribution in [0, 0.1) is 0 Å². The van der Waals surface area contributed by atoms with Crippen LogP contribution in [0.25, 0.3) is 10.9 Å². The fourth-order valence-corrected chi connectivity index (χ4v) is 3.84. The molecule has 1 aromatic heterocycles. The number of hydrogen-bond donors (Lipinski definition) is 1. The Kier molecular flexibility index (Phi) is 5.08. The summed E-state index contributed by atoms with van der Waals surface area (Å²) in [5, 5.41) is 3.70. The molecule has 0 aliphatic carbocycles. The van der Waals surface area contributed by atoms with Crippen LogP contribution >= 0.6 is 0 Å². The molecule has 1 aliphatic rings. The molecule has 0 amide bonds. The van der Waals surface area contributed by atoms with Crippen molar-refractivity contribution in [2.75, 3.05) is 13.2 Å². The minimum atomic E-state index is -4.54. The first-order valence-electron chi connectivity index (χ1n) is 9.55. The maximum atomic E-state index is 13.3. The number of alkyl halides is 3. The van der Waals surface area contributed by atoms with Gasteiger partial charge >= 0.3 is 12.1 Å². The van der Waals surface area contributed by atoms with E-state index in [2.05, 4.69) is 17.4 Å². The Morgan fingerprint density at radius 1 is 1.17 bits per heavy atom. The summed E-state index contributed by atoms with van der Waals surface area (Å²) in [4.78, 5) is 12.4. The molecular weight excluding hydrogens is 381 g/mol. The fraction of sp³-hybridized carbons (Fsp3) is 0.318. The minimum Gasteiger partial charge on any atom is -0.462 e. The topological polar surface area (TPSA) is 43.3 Å². The maximum Gasteiger partial charge on any atom is 0.416 e. The molecule has 0 fully saturated rings. The number of benzene rings is 2. The van der Waals surface area contributed by atoms with Gasteiger partial charge in [-0.3, -0.25) is 0 Å². The van der Waals surface area contributed by atoms with E-state index >= 15 is 0 Å². The summed E-state index contributed by atoms with van der Waals surface area (Å²) >= 11 is 0. The molecule has 3 aromatic rings. The molecule has 7 heteroatoms. The molecule has 1 N–H and O–H groups in total. The second kappa shape index (κ2) is 7.55. The van der Waals surface area contributed by atoms with Crippen molar-refractivity contribution < 1.29 is 22.7 Å². The van der Waals surface area contributed by atoms with Crippen molar-refractivity contribution in [3.63, 3.8) is 0 Å². The van der Waals surface area contributed by atoms with Crippen LogP contribution in [0.1, 0.15) is 39.5 Å². The summed E-state index contributed by atoms with van der Waals surface area (Å²) < 4.78 is 46.7. The number of fused-ring (bicyclic) bond motifs is 2. The van der Waals surface area contributed by atoms with Gasteiger partial charge in [-0.05, 0) is 54.8 Å². The highest BCUT2D eigenvalue weighted by Gasteiger charge is 2.33. The fourth-order valence-electron chi connectivity index (χ4n) is 3.84. The first-order chi connectivity index (χ1) is 13.9. The first-order valence-corrected chi connectivity index (χ1v) is 9.55. The first kappa shape index (κ1) is 19.5. The molecule has 4 rings (SSSR count). The summed E-state index contributed by atoms with van der Waals surface area (Å²) in [5.74, 6) is -0.752. The Labute approximate surface area is 166 Å². The zero-order chi connectivity index (χ0) is 20.6. The van der Waals surface area contributed by atoms with Gasteiger partial charge in [0.05, 0.1) is 23.3 Å². The van der Waals surface area contributed by atoms with Crippen molar-refractivity contribution in [3.8, 4) is 0 Å². The highest BCUT2D eigenvalue weighted by atomic mass is 19.4. The summed E-state index contributed by atoms with van der Waals surface area (Å²) in [7, 11) is 0. The Morgan fingerprint density at radius 3 is 2.76 bits per heavy atom. The number of carbonyl (C=O) groups is 1. The number of halogens is 3. The van der Waals surface area contributed by atoms with Crippen LogP contribution in [-0.4, -0.2) is 23.7 Å². The number of nitrogens with zero attached hydrogens (tertiary/aromatic N) is 1. The lowest BCUT2D eigenvalue weighted by Gasteiger charge is -2.18. The van der Waals surface area contributed by atoms with Crippen molar-refractivity contribution in [1.29, 1.82) is 0 Å². The lowest BCUT2D eigenvalue weighted by atomic mass is 9.98. The van der Waals surface area contributed by atoms with E-state index in [0.717, 1.165) is 37.2 Å². The molecule has 2 aromatic carbocycles. The Bertz CT molecular complexity index is 1070. The molecule has 29 heavy (non-hydrogen) atoms. The number of carbonyl (C=O) groups excluding carboxylic acids is 1. The molecule has 0 radical (unpaired) electrons. The van der Waals surface area contributed by atoms with Gasteiger partial charge in [-0.2, -0.15) is 13.2 Å². The summed E-state index contributed by atoms with van der Waals surface area (Å²) in [6.45, 7) is 3.93. The number of hydrogen-bond acceptors (Lipinski definition) is 3. The number of ether oxygens (including phenoxy) is 1. The van der Waals surface area contributed by atoms with Gasteiger partial charge in [-0.1, -0.05) is 18.2 Å². The van der Waals surface area contributed by atoms with Crippen molar-refractivity contribution in [3.05, 3.63) is 70.4 Å². The number of esters is 1. The van der Waals surface area contributed by atoms with Crippen LogP contribution in [-0.2, 0) is 30.4 Å². The lowest BCUT2D eigenvalue weighted by Crippen LogP contribution is -2.23. The van der Waals surface area contributed by atoms with Gasteiger partial charge in [0.2, 0.25) is 0 Å². The third-order valence-electron chi connectivity index (χ3n) is 5.19. The van der Waals surface area contributed by atoms with Gasteiger partial charge in [-0.15, -0.1) is 0 Å². The van der Waals surface area contributed by atoms with E-state index in [1.807, 2.05) is 6.07 Å². The van der Waals surface area contributed by atoms with Crippen LogP contribution in [0.3, 0.4) is 0 Å². The second-order valence-corrected chi connectivity index (χ2v) is 7.15. The molecule has 0 atom stereocenters. The molecule has 0 saturated heterocycles. The lowest BCUT2D eigenvalue weighted by molar-refractivity contribution is -0.137. The van der Waals surface area contributed by atoms with E-state index in [9.17, 15) is 18.0 Å². The van der Waals surface area contributed by atoms with Crippen molar-refractivity contribution in [2.45, 2.75) is 32.6 Å². The molecule has 152 valence electrons. The van der Waals surface area contributed by atoms with Crippen molar-refractivity contribution in [1.82, 2.24) is 9.88 Å². The quantitative estimate of drug-likeness (QED) is 0.652. The monoisotopic (exact) mass is 402 g/mol. The van der Waals surface area contributed by atoms with Gasteiger partial charge in [0.25, 0.3) is 0 Å². The molecule has 1 aliphatic heterocycles. The average Bonchev–Trinajstić information content (AvgIpc) is 3.09. The van der Waals surface area contributed by atoms with Crippen molar-refractivity contribution in [2.24, 2.45) is 0 Å². The molecule has 0 spiro atoms. The molecule has 0 unspecified atom stereocenters. The molecule has 4 nitrogen and oxygen atoms in total. The molecule has 0 saturated carbocycles. The number of rotatable bonds is 4. The smallest absolute Gasteiger partial charge is 0.416 e. The SMILES string of the molecule is CCOC(=O)c1cc(C(F)(F)F)cc2ccn(Cc3ccc4c(c3)CNCC4)c12. The normalized spacial score (nSPS) is 14.1. The van der Waals surface area contributed by atoms with E-state index in [1.54, 1.807) is 23.8 Å². The predicted octanol–water partition coefficient (Wildman–Crippen LogP) is 4.53. The molecule has 2 heterocycles. The zero-order valence-corrected chi connectivity index (χ0v) is 16.0. The van der Waals surface area contributed by atoms with Crippen LogP contribution in [0.5, 0.6) is 0 Å². The summed E-state index contributed by atoms with van der Waals surface area (Å²) in [5.41, 5.74) is 3.10. The van der Waals surface area contributed by atoms with Crippen molar-refractivity contribution >= 4 is 16.9 Å². The van der Waals surface area contributed by atoms with Gasteiger partial charge in [-0.25, -0.2) is 4.79 Å². The van der Waals surface area contributed by atoms with Crippen LogP contribution in [0.15, 0.2) is 42.6 Å². The van der Waals surface area contributed by atoms with Crippen LogP contribution < -0.4 is 5.32 Å². The largest absolute Gasteiger partial charge is 0.462 e.